The SMILES string of the molecule is COC1=CC2N=C(c3nc(C(C)C)cs3)C=C(O[C@@H]3C[C@H]4C(=O)C[C@]5(C(=O)NS(=O)(=O)C6CC6)C[C@H]5/C=C\CCCCN(C)C(=O)N4C3)C2C=C1.COc1ccc2c(O[C@@H]3C[C@H]4C(=O)C[C@]5(C(=O)O)C[C@H]5/C=C\CCCCN(C)C(=O)N4C3)cc(-c3nc(C(C)C)cs3)nc2c1. The van der Waals surface area contributed by atoms with E-state index < -0.39 is 62.3 Å². The number of nitrogens with zero attached hydrogens (tertiary/aromatic N) is 8. The molecule has 96 heavy (non-hydrogen) atoms. The molecule has 2 N–H and O–H groups in total. The zero-order valence-electron chi connectivity index (χ0n) is 55.8. The van der Waals surface area contributed by atoms with Crippen LogP contribution in [-0.4, -0.2) is 179 Å². The highest BCUT2D eigenvalue weighted by Crippen LogP contribution is 2.58. The Labute approximate surface area is 569 Å². The summed E-state index contributed by atoms with van der Waals surface area (Å²) in [5, 5.41) is 16.0. The van der Waals surface area contributed by atoms with Gasteiger partial charge in [0.1, 0.15) is 50.9 Å². The van der Waals surface area contributed by atoms with Gasteiger partial charge in [-0.15, -0.1) is 22.7 Å². The number of urea groups is 2. The number of aromatic nitrogens is 3. The lowest BCUT2D eigenvalue weighted by Crippen LogP contribution is -2.48. The minimum Gasteiger partial charge on any atom is -0.497 e. The number of allylic oxidation sites excluding steroid dienone is 6. The van der Waals surface area contributed by atoms with Crippen LogP contribution in [0, 0.1) is 28.6 Å². The molecule has 22 nitrogen and oxygen atoms in total. The number of carboxylic acids is 1. The summed E-state index contributed by atoms with van der Waals surface area (Å²) in [6, 6.07) is 5.09. The summed E-state index contributed by atoms with van der Waals surface area (Å²) in [6.07, 6.45) is 21.9. The Hall–Kier alpha value is -7.77. The van der Waals surface area contributed by atoms with Gasteiger partial charge in [-0.05, 0) is 112 Å². The smallest absolute Gasteiger partial charge is 0.320 e. The molecule has 25 heteroatoms. The van der Waals surface area contributed by atoms with E-state index >= 15 is 0 Å². The molecule has 0 radical (unpaired) electrons. The van der Waals surface area contributed by atoms with Crippen LogP contribution in [0.3, 0.4) is 0 Å². The van der Waals surface area contributed by atoms with E-state index in [1.807, 2.05) is 83.6 Å². The van der Waals surface area contributed by atoms with Gasteiger partial charge < -0.3 is 43.7 Å². The maximum absolute atomic E-state index is 14.3. The number of methoxy groups -OCH3 is 2. The van der Waals surface area contributed by atoms with Gasteiger partial charge in [0, 0.05) is 87.2 Å². The van der Waals surface area contributed by atoms with Gasteiger partial charge in [-0.3, -0.25) is 28.9 Å². The predicted octanol–water partition coefficient (Wildman–Crippen LogP) is 11.0. The highest BCUT2D eigenvalue weighted by atomic mass is 32.2. The average Bonchev–Trinajstić information content (AvgIpc) is 1.61. The van der Waals surface area contributed by atoms with Crippen LogP contribution >= 0.6 is 22.7 Å². The van der Waals surface area contributed by atoms with Crippen LogP contribution in [-0.2, 0) is 38.7 Å². The molecule has 5 amide bonds. The van der Waals surface area contributed by atoms with Gasteiger partial charge in [0.05, 0.1) is 90.0 Å². The van der Waals surface area contributed by atoms with E-state index in [1.165, 1.54) is 22.7 Å². The molecule has 1 aromatic carbocycles. The molecule has 9 aliphatic rings. The number of thiazole rings is 2. The first kappa shape index (κ1) is 68.2. The van der Waals surface area contributed by atoms with Crippen LogP contribution in [0.5, 0.6) is 11.5 Å². The number of fused-ring (bicyclic) bond motifs is 6. The molecule has 13 rings (SSSR count). The lowest BCUT2D eigenvalue weighted by molar-refractivity contribution is -0.146. The van der Waals surface area contributed by atoms with E-state index in [-0.39, 0.29) is 98.0 Å². The molecule has 3 saturated carbocycles. The van der Waals surface area contributed by atoms with E-state index in [0.29, 0.717) is 78.7 Å². The second-order valence-electron chi connectivity index (χ2n) is 27.8. The largest absolute Gasteiger partial charge is 0.497 e. The fourth-order valence-electron chi connectivity index (χ4n) is 14.0. The second kappa shape index (κ2) is 28.0. The maximum atomic E-state index is 14.3. The summed E-state index contributed by atoms with van der Waals surface area (Å²) in [6.45, 7) is 9.92. The topological polar surface area (TPSA) is 270 Å². The maximum Gasteiger partial charge on any atom is 0.320 e. The number of hydrogen-bond donors (Lipinski definition) is 2. The van der Waals surface area contributed by atoms with Crippen molar-refractivity contribution in [1.82, 2.24) is 39.3 Å². The van der Waals surface area contributed by atoms with Crippen molar-refractivity contribution in [3.05, 3.63) is 112 Å². The number of carbonyl (C=O) groups is 6. The molecule has 4 aliphatic carbocycles. The van der Waals surface area contributed by atoms with Crippen molar-refractivity contribution >= 4 is 84.8 Å². The van der Waals surface area contributed by atoms with Crippen molar-refractivity contribution in [3.63, 3.8) is 0 Å². The monoisotopic (exact) mass is 1370 g/mol. The molecule has 2 saturated heterocycles. The fourth-order valence-corrected chi connectivity index (χ4v) is 17.3. The van der Waals surface area contributed by atoms with E-state index in [4.69, 9.17) is 38.9 Å². The number of carboxylic acid groups (broad SMARTS) is 1. The third-order valence-electron chi connectivity index (χ3n) is 20.2. The number of benzene rings is 1. The molecule has 0 bridgehead atoms. The van der Waals surface area contributed by atoms with Crippen LogP contribution in [0.15, 0.2) is 100 Å². The molecule has 5 aliphatic heterocycles. The summed E-state index contributed by atoms with van der Waals surface area (Å²) >= 11 is 3.05. The van der Waals surface area contributed by atoms with E-state index in [0.717, 1.165) is 65.3 Å². The molecular weight excluding hydrogens is 1280 g/mol. The van der Waals surface area contributed by atoms with Crippen LogP contribution in [0.4, 0.5) is 9.59 Å². The summed E-state index contributed by atoms with van der Waals surface area (Å²) in [7, 11) is 2.94. The zero-order valence-corrected chi connectivity index (χ0v) is 58.3. The zero-order chi connectivity index (χ0) is 68.0. The van der Waals surface area contributed by atoms with Crippen molar-refractivity contribution in [2.24, 2.45) is 33.6 Å². The third kappa shape index (κ3) is 14.4. The van der Waals surface area contributed by atoms with E-state index in [1.54, 1.807) is 47.9 Å². The average molecular weight is 1370 g/mol. The Morgan fingerprint density at radius 3 is 1.90 bits per heavy atom. The van der Waals surface area contributed by atoms with Gasteiger partial charge in [0.25, 0.3) is 0 Å². The minimum atomic E-state index is -3.79. The summed E-state index contributed by atoms with van der Waals surface area (Å²) < 4.78 is 52.3. The number of ketones is 2. The Kier molecular flexibility index (Phi) is 19.9. The van der Waals surface area contributed by atoms with Gasteiger partial charge >= 0.3 is 18.0 Å². The lowest BCUT2D eigenvalue weighted by atomic mass is 9.89. The van der Waals surface area contributed by atoms with Gasteiger partial charge in [-0.25, -0.2) is 33.0 Å². The first-order valence-electron chi connectivity index (χ1n) is 33.7. The quantitative estimate of drug-likeness (QED) is 0.111. The number of dihydropyridines is 1. The summed E-state index contributed by atoms with van der Waals surface area (Å²) in [5.41, 5.74) is 1.77. The number of pyridine rings is 1. The van der Waals surface area contributed by atoms with E-state index in [2.05, 4.69) is 32.4 Å². The molecule has 3 aromatic heterocycles. The number of ether oxygens (including phenoxy) is 4. The first-order valence-corrected chi connectivity index (χ1v) is 37.0. The van der Waals surface area contributed by atoms with Gasteiger partial charge in [-0.2, -0.15) is 0 Å². The lowest BCUT2D eigenvalue weighted by Gasteiger charge is -2.31. The first-order chi connectivity index (χ1) is 46.0. The highest BCUT2D eigenvalue weighted by Gasteiger charge is 2.63. The normalized spacial score (nSPS) is 29.2. The summed E-state index contributed by atoms with van der Waals surface area (Å²) in [4.78, 5) is 108. The minimum absolute atomic E-state index is 0.105. The highest BCUT2D eigenvalue weighted by molar-refractivity contribution is 7.91. The fraction of sp³-hybridized carbons (Fsp3) is 0.549. The van der Waals surface area contributed by atoms with Crippen LogP contribution < -0.4 is 14.2 Å². The molecular formula is C71H87N9O13S3. The number of hydrogen-bond acceptors (Lipinski definition) is 18. The second-order valence-corrected chi connectivity index (χ2v) is 31.5. The van der Waals surface area contributed by atoms with Crippen molar-refractivity contribution in [1.29, 1.82) is 0 Å². The molecule has 2 unspecified atom stereocenters. The number of carbonyl (C=O) groups excluding carboxylic acids is 5. The van der Waals surface area contributed by atoms with Crippen LogP contribution in [0.25, 0.3) is 21.6 Å². The Balaban J connectivity index is 0.000000185. The Bertz CT molecular complexity index is 4000. The van der Waals surface area contributed by atoms with E-state index in [9.17, 15) is 42.3 Å². The number of aliphatic imine (C=N–C) groups is 1. The van der Waals surface area contributed by atoms with Crippen LogP contribution in [0.1, 0.15) is 146 Å². The number of Topliss-reactive ketones (excluding diaryl/α,β-unsaturated/α-hetero) is 2. The van der Waals surface area contributed by atoms with Gasteiger partial charge in [-0.1, -0.05) is 58.1 Å². The van der Waals surface area contributed by atoms with Gasteiger partial charge in [0.2, 0.25) is 15.9 Å². The molecule has 4 aromatic rings. The standard InChI is InChI=1S/C37H47N5O7S2.C34H40N4O6S/c1-22(2)30-21-50-34(39-30)29-17-33(27-13-10-24(48-4)15-28(27)38-29)49-25-16-31-32(43)19-37(35(44)40-51(46,47)26-11-12-26)18-23(37)9-7-5-6-8-14-41(3)36(45)42(31)20-25;1-20(2)27-19-45-31(36-27)26-15-30(24-11-10-22(43-4)13-25(24)35-26)44-23-14-28-29(39)17-34(32(40)41)16-21(34)9-7-5-6-8-12-37(3)33(42)38(28)18-23/h7,9-10,13,15,17,21-23,25-28,31H,5-6,8,11-12,14,16,18-20H2,1-4H3,(H,40,44);7,9-11,13,15,19-21,23,28H,5-6,8,12,14,16-18H2,1-4H3,(H,40,41)/b2*9-7-/t23-,25-,27?,28?,31+,37-;21-,23-,28+,34-/m11/s1. The van der Waals surface area contributed by atoms with Crippen molar-refractivity contribution in [2.45, 2.75) is 165 Å². The van der Waals surface area contributed by atoms with Crippen molar-refractivity contribution in [3.8, 4) is 22.2 Å². The number of aliphatic carboxylic acids is 1. The predicted molar refractivity (Wildman–Crippen MR) is 365 cm³/mol. The molecule has 0 spiro atoms. The molecule has 10 atom stereocenters. The number of sulfonamides is 1. The molecule has 512 valence electrons. The Morgan fingerprint density at radius 2 is 1.31 bits per heavy atom. The molecule has 8 heterocycles. The third-order valence-corrected chi connectivity index (χ3v) is 23.8. The number of nitrogens with one attached hydrogen (secondary N) is 1. The molecule has 5 fully saturated rings. The van der Waals surface area contributed by atoms with Crippen LogP contribution in [0.2, 0.25) is 0 Å². The van der Waals surface area contributed by atoms with Crippen molar-refractivity contribution in [2.75, 3.05) is 54.5 Å². The number of amides is 5. The van der Waals surface area contributed by atoms with Gasteiger partial charge in [0.15, 0.2) is 11.6 Å². The van der Waals surface area contributed by atoms with Crippen molar-refractivity contribution < 1.29 is 61.2 Å². The summed E-state index contributed by atoms with van der Waals surface area (Å²) in [5.74, 6) is 0.491. The Morgan fingerprint density at radius 1 is 0.729 bits per heavy atom. The number of rotatable bonds is 14.